The summed E-state index contributed by atoms with van der Waals surface area (Å²) in [5.74, 6) is 1.45. The highest BCUT2D eigenvalue weighted by molar-refractivity contribution is 5.99. The summed E-state index contributed by atoms with van der Waals surface area (Å²) < 4.78 is 5.50. The van der Waals surface area contributed by atoms with E-state index in [2.05, 4.69) is 29.8 Å². The number of ether oxygens (including phenoxy) is 1. The lowest BCUT2D eigenvalue weighted by molar-refractivity contribution is 0.382. The smallest absolute Gasteiger partial charge is 0.196 e. The summed E-state index contributed by atoms with van der Waals surface area (Å²) in [6, 6.07) is 8.03. The van der Waals surface area contributed by atoms with Crippen molar-refractivity contribution < 1.29 is 4.74 Å². The fourth-order valence-electron chi connectivity index (χ4n) is 2.95. The number of hydrogen-bond acceptors (Lipinski definition) is 4. The minimum atomic E-state index is -0.00523. The molecular formula is C16H25N3O. The predicted octanol–water partition coefficient (Wildman–Crippen LogP) is 3.17. The van der Waals surface area contributed by atoms with Gasteiger partial charge in [-0.25, -0.2) is 0 Å². The second kappa shape index (κ2) is 6.16. The highest BCUT2D eigenvalue weighted by Crippen LogP contribution is 2.39. The van der Waals surface area contributed by atoms with Gasteiger partial charge in [0.05, 0.1) is 24.9 Å². The summed E-state index contributed by atoms with van der Waals surface area (Å²) in [7, 11) is 1.70. The first kappa shape index (κ1) is 14.7. The molecule has 0 fully saturated rings. The monoisotopic (exact) mass is 275 g/mol. The van der Waals surface area contributed by atoms with E-state index in [0.717, 1.165) is 30.8 Å². The van der Waals surface area contributed by atoms with Crippen molar-refractivity contribution in [1.29, 1.82) is 0 Å². The van der Waals surface area contributed by atoms with Gasteiger partial charge < -0.3 is 15.4 Å². The van der Waals surface area contributed by atoms with Gasteiger partial charge in [0.1, 0.15) is 5.75 Å². The highest BCUT2D eigenvalue weighted by Gasteiger charge is 2.42. The lowest BCUT2D eigenvalue weighted by Crippen LogP contribution is -2.51. The van der Waals surface area contributed by atoms with Gasteiger partial charge in [-0.1, -0.05) is 38.8 Å². The molecule has 0 radical (unpaired) electrons. The molecule has 0 saturated heterocycles. The van der Waals surface area contributed by atoms with Gasteiger partial charge in [-0.3, -0.25) is 4.99 Å². The normalized spacial score (nSPS) is 21.9. The van der Waals surface area contributed by atoms with Gasteiger partial charge in [-0.15, -0.1) is 0 Å². The van der Waals surface area contributed by atoms with E-state index in [4.69, 9.17) is 10.5 Å². The fraction of sp³-hybridized carbons (Fsp3) is 0.562. The number of methoxy groups -OCH3 is 1. The van der Waals surface area contributed by atoms with E-state index in [1.165, 1.54) is 12.8 Å². The van der Waals surface area contributed by atoms with Crippen molar-refractivity contribution in [1.82, 2.24) is 0 Å². The molecule has 1 aliphatic rings. The molecule has 2 rings (SSSR count). The largest absolute Gasteiger partial charge is 0.495 e. The first-order valence-corrected chi connectivity index (χ1v) is 7.41. The molecule has 1 unspecified atom stereocenters. The summed E-state index contributed by atoms with van der Waals surface area (Å²) in [5.41, 5.74) is 7.19. The molecule has 1 aromatic rings. The SMILES string of the molecule is CCCCC1(CC)CN=C(N)N1c1ccccc1OC. The molecule has 2 N–H and O–H groups in total. The van der Waals surface area contributed by atoms with Crippen LogP contribution in [0.3, 0.4) is 0 Å². The second-order valence-corrected chi connectivity index (χ2v) is 5.36. The molecule has 1 aliphatic heterocycles. The van der Waals surface area contributed by atoms with E-state index in [-0.39, 0.29) is 5.54 Å². The van der Waals surface area contributed by atoms with E-state index in [9.17, 15) is 0 Å². The molecule has 4 nitrogen and oxygen atoms in total. The molecular weight excluding hydrogens is 250 g/mol. The first-order valence-electron chi connectivity index (χ1n) is 7.41. The summed E-state index contributed by atoms with van der Waals surface area (Å²) in [5, 5.41) is 0. The Bertz CT molecular complexity index is 486. The average Bonchev–Trinajstić information content (AvgIpc) is 2.82. The maximum atomic E-state index is 6.18. The third kappa shape index (κ3) is 2.47. The molecule has 1 heterocycles. The van der Waals surface area contributed by atoms with Gasteiger partial charge in [0.15, 0.2) is 5.96 Å². The number of unbranched alkanes of at least 4 members (excludes halogenated alkanes) is 1. The Hall–Kier alpha value is -1.71. The van der Waals surface area contributed by atoms with Gasteiger partial charge in [-0.05, 0) is 25.0 Å². The fourth-order valence-corrected chi connectivity index (χ4v) is 2.95. The molecule has 0 saturated carbocycles. The molecule has 1 atom stereocenters. The molecule has 0 amide bonds. The van der Waals surface area contributed by atoms with Crippen molar-refractivity contribution in [2.75, 3.05) is 18.6 Å². The van der Waals surface area contributed by atoms with E-state index >= 15 is 0 Å². The van der Waals surface area contributed by atoms with Crippen molar-refractivity contribution in [2.24, 2.45) is 10.7 Å². The number of guanidine groups is 1. The summed E-state index contributed by atoms with van der Waals surface area (Å²) in [6.45, 7) is 5.20. The van der Waals surface area contributed by atoms with Crippen LogP contribution in [0.4, 0.5) is 5.69 Å². The Kier molecular flexibility index (Phi) is 4.53. The van der Waals surface area contributed by atoms with Crippen LogP contribution in [0.2, 0.25) is 0 Å². The van der Waals surface area contributed by atoms with E-state index in [1.807, 2.05) is 18.2 Å². The zero-order valence-electron chi connectivity index (χ0n) is 12.7. The lowest BCUT2D eigenvalue weighted by atomic mass is 9.88. The van der Waals surface area contributed by atoms with Gasteiger partial charge in [0, 0.05) is 0 Å². The molecule has 1 aromatic carbocycles. The summed E-state index contributed by atoms with van der Waals surface area (Å²) >= 11 is 0. The van der Waals surface area contributed by atoms with Gasteiger partial charge in [0.25, 0.3) is 0 Å². The summed E-state index contributed by atoms with van der Waals surface area (Å²) in [4.78, 5) is 6.69. The quantitative estimate of drug-likeness (QED) is 0.867. The molecule has 4 heteroatoms. The predicted molar refractivity (Wildman–Crippen MR) is 84.5 cm³/mol. The Balaban J connectivity index is 2.41. The van der Waals surface area contributed by atoms with Gasteiger partial charge in [0.2, 0.25) is 0 Å². The molecule has 110 valence electrons. The van der Waals surface area contributed by atoms with Crippen LogP contribution in [-0.2, 0) is 0 Å². The third-order valence-corrected chi connectivity index (χ3v) is 4.22. The van der Waals surface area contributed by atoms with E-state index < -0.39 is 0 Å². The van der Waals surface area contributed by atoms with Gasteiger partial charge >= 0.3 is 0 Å². The number of anilines is 1. The molecule has 0 aliphatic carbocycles. The Morgan fingerprint density at radius 2 is 2.10 bits per heavy atom. The number of nitrogens with zero attached hydrogens (tertiary/aromatic N) is 2. The van der Waals surface area contributed by atoms with Crippen LogP contribution >= 0.6 is 0 Å². The molecule has 20 heavy (non-hydrogen) atoms. The van der Waals surface area contributed by atoms with Crippen molar-refractivity contribution in [3.8, 4) is 5.75 Å². The number of para-hydroxylation sites is 2. The first-order chi connectivity index (χ1) is 9.68. The van der Waals surface area contributed by atoms with Crippen LogP contribution in [0.15, 0.2) is 29.3 Å². The van der Waals surface area contributed by atoms with Crippen LogP contribution in [-0.4, -0.2) is 25.2 Å². The zero-order chi connectivity index (χ0) is 14.6. The average molecular weight is 275 g/mol. The minimum absolute atomic E-state index is 0.00523. The number of benzene rings is 1. The number of aliphatic imine (C=N–C) groups is 1. The van der Waals surface area contributed by atoms with E-state index in [0.29, 0.717) is 5.96 Å². The standard InChI is InChI=1S/C16H25N3O/c1-4-6-11-16(5-2)12-18-15(17)19(16)13-9-7-8-10-14(13)20-3/h7-10H,4-6,11-12H2,1-3H3,(H2,17,18). The minimum Gasteiger partial charge on any atom is -0.495 e. The number of nitrogens with two attached hydrogens (primary N) is 1. The topological polar surface area (TPSA) is 50.8 Å². The zero-order valence-corrected chi connectivity index (χ0v) is 12.7. The van der Waals surface area contributed by atoms with Crippen LogP contribution in [0.25, 0.3) is 0 Å². The Morgan fingerprint density at radius 3 is 2.75 bits per heavy atom. The van der Waals surface area contributed by atoms with Crippen molar-refractivity contribution in [3.05, 3.63) is 24.3 Å². The van der Waals surface area contributed by atoms with Crippen molar-refractivity contribution >= 4 is 11.6 Å². The van der Waals surface area contributed by atoms with E-state index in [1.54, 1.807) is 7.11 Å². The second-order valence-electron chi connectivity index (χ2n) is 5.36. The van der Waals surface area contributed by atoms with Crippen molar-refractivity contribution in [2.45, 2.75) is 45.1 Å². The maximum Gasteiger partial charge on any atom is 0.196 e. The number of hydrogen-bond donors (Lipinski definition) is 1. The van der Waals surface area contributed by atoms with Crippen LogP contribution in [0.1, 0.15) is 39.5 Å². The lowest BCUT2D eigenvalue weighted by Gasteiger charge is -2.39. The highest BCUT2D eigenvalue weighted by atomic mass is 16.5. The van der Waals surface area contributed by atoms with Crippen molar-refractivity contribution in [3.63, 3.8) is 0 Å². The number of rotatable bonds is 6. The van der Waals surface area contributed by atoms with Crippen LogP contribution in [0.5, 0.6) is 5.75 Å². The van der Waals surface area contributed by atoms with Crippen LogP contribution in [0, 0.1) is 0 Å². The third-order valence-electron chi connectivity index (χ3n) is 4.22. The molecule has 0 bridgehead atoms. The Morgan fingerprint density at radius 1 is 1.35 bits per heavy atom. The van der Waals surface area contributed by atoms with Gasteiger partial charge in [-0.2, -0.15) is 0 Å². The molecule has 0 spiro atoms. The summed E-state index contributed by atoms with van der Waals surface area (Å²) in [6.07, 6.45) is 4.49. The molecule has 0 aromatic heterocycles. The van der Waals surface area contributed by atoms with Crippen LogP contribution < -0.4 is 15.4 Å². The Labute approximate surface area is 121 Å². The maximum absolute atomic E-state index is 6.18.